The summed E-state index contributed by atoms with van der Waals surface area (Å²) in [5.74, 6) is -1.21. The van der Waals surface area contributed by atoms with Gasteiger partial charge < -0.3 is 10.6 Å². The normalized spacial score (nSPS) is 10.7. The highest BCUT2D eigenvalue weighted by atomic mass is 19.1. The summed E-state index contributed by atoms with van der Waals surface area (Å²) in [6, 6.07) is 4.58. The van der Waals surface area contributed by atoms with Crippen LogP contribution in [-0.4, -0.2) is 22.4 Å². The summed E-state index contributed by atoms with van der Waals surface area (Å²) in [7, 11) is 0. The molecule has 0 bridgehead atoms. The number of carbonyl (C=O) groups excluding carboxylic acids is 1. The summed E-state index contributed by atoms with van der Waals surface area (Å²) in [5, 5.41) is 5.38. The van der Waals surface area contributed by atoms with E-state index in [0.29, 0.717) is 12.5 Å². The smallest absolute Gasteiger partial charge is 0.270 e. The minimum absolute atomic E-state index is 0.0313. The van der Waals surface area contributed by atoms with Crippen LogP contribution in [0.25, 0.3) is 0 Å². The fourth-order valence-electron chi connectivity index (χ4n) is 1.82. The average molecular weight is 320 g/mol. The third kappa shape index (κ3) is 4.98. The van der Waals surface area contributed by atoms with E-state index in [1.54, 1.807) is 0 Å². The van der Waals surface area contributed by atoms with Crippen LogP contribution >= 0.6 is 0 Å². The molecule has 0 spiro atoms. The number of carbonyl (C=O) groups is 1. The number of halogens is 2. The van der Waals surface area contributed by atoms with Gasteiger partial charge in [-0.2, -0.15) is 0 Å². The summed E-state index contributed by atoms with van der Waals surface area (Å²) >= 11 is 0. The Morgan fingerprint density at radius 2 is 2.04 bits per heavy atom. The summed E-state index contributed by atoms with van der Waals surface area (Å²) < 4.78 is 26.5. The van der Waals surface area contributed by atoms with Gasteiger partial charge in [-0.1, -0.05) is 13.8 Å². The Balaban J connectivity index is 2.06. The second-order valence-electron chi connectivity index (χ2n) is 5.45. The standard InChI is InChI=1S/C16H18F2N4O/c1-10(2)5-7-19-15(23)14-6-8-20-16(22-14)21-13-4-3-11(17)9-12(13)18/h3-4,6,8-10H,5,7H2,1-2H3,(H,19,23)(H,20,21,22). The molecule has 0 atom stereocenters. The highest BCUT2D eigenvalue weighted by molar-refractivity contribution is 5.92. The molecule has 1 aromatic carbocycles. The first-order chi connectivity index (χ1) is 11.0. The van der Waals surface area contributed by atoms with Gasteiger partial charge in [-0.3, -0.25) is 4.79 Å². The quantitative estimate of drug-likeness (QED) is 0.857. The van der Waals surface area contributed by atoms with Gasteiger partial charge in [0.05, 0.1) is 5.69 Å². The van der Waals surface area contributed by atoms with Crippen molar-refractivity contribution in [2.75, 3.05) is 11.9 Å². The molecule has 0 fully saturated rings. The molecule has 2 rings (SSSR count). The van der Waals surface area contributed by atoms with Crippen molar-refractivity contribution in [2.45, 2.75) is 20.3 Å². The van der Waals surface area contributed by atoms with Crippen LogP contribution in [-0.2, 0) is 0 Å². The van der Waals surface area contributed by atoms with Crippen LogP contribution in [0, 0.1) is 17.6 Å². The molecule has 0 saturated heterocycles. The number of aromatic nitrogens is 2. The van der Waals surface area contributed by atoms with Crippen molar-refractivity contribution in [2.24, 2.45) is 5.92 Å². The van der Waals surface area contributed by atoms with Crippen molar-refractivity contribution < 1.29 is 13.6 Å². The lowest BCUT2D eigenvalue weighted by atomic mass is 10.1. The van der Waals surface area contributed by atoms with E-state index in [-0.39, 0.29) is 23.2 Å². The Morgan fingerprint density at radius 1 is 1.26 bits per heavy atom. The zero-order valence-corrected chi connectivity index (χ0v) is 12.9. The van der Waals surface area contributed by atoms with Gasteiger partial charge in [0, 0.05) is 18.8 Å². The van der Waals surface area contributed by atoms with Gasteiger partial charge in [-0.05, 0) is 30.5 Å². The van der Waals surface area contributed by atoms with E-state index < -0.39 is 11.6 Å². The van der Waals surface area contributed by atoms with Gasteiger partial charge >= 0.3 is 0 Å². The van der Waals surface area contributed by atoms with Crippen molar-refractivity contribution in [1.29, 1.82) is 0 Å². The van der Waals surface area contributed by atoms with Crippen LogP contribution in [0.15, 0.2) is 30.5 Å². The molecule has 7 heteroatoms. The van der Waals surface area contributed by atoms with Gasteiger partial charge in [0.15, 0.2) is 0 Å². The van der Waals surface area contributed by atoms with Crippen molar-refractivity contribution in [1.82, 2.24) is 15.3 Å². The first-order valence-electron chi connectivity index (χ1n) is 7.29. The van der Waals surface area contributed by atoms with Crippen molar-refractivity contribution in [3.63, 3.8) is 0 Å². The minimum Gasteiger partial charge on any atom is -0.351 e. The number of rotatable bonds is 6. The zero-order valence-electron chi connectivity index (χ0n) is 12.9. The molecule has 5 nitrogen and oxygen atoms in total. The van der Waals surface area contributed by atoms with Crippen molar-refractivity contribution in [3.8, 4) is 0 Å². The van der Waals surface area contributed by atoms with E-state index in [1.165, 1.54) is 18.3 Å². The molecule has 0 unspecified atom stereocenters. The minimum atomic E-state index is -0.764. The molecule has 0 aliphatic carbocycles. The number of amides is 1. The topological polar surface area (TPSA) is 66.9 Å². The van der Waals surface area contributed by atoms with Gasteiger partial charge in [0.2, 0.25) is 5.95 Å². The Bertz CT molecular complexity index is 692. The maximum absolute atomic E-state index is 13.6. The van der Waals surface area contributed by atoms with Crippen LogP contribution in [0.3, 0.4) is 0 Å². The highest BCUT2D eigenvalue weighted by Gasteiger charge is 2.10. The molecule has 0 radical (unpaired) electrons. The summed E-state index contributed by atoms with van der Waals surface area (Å²) in [6.07, 6.45) is 2.26. The Morgan fingerprint density at radius 3 is 2.74 bits per heavy atom. The molecule has 2 N–H and O–H groups in total. The second kappa shape index (κ2) is 7.62. The fourth-order valence-corrected chi connectivity index (χ4v) is 1.82. The molecular weight excluding hydrogens is 302 g/mol. The number of anilines is 2. The predicted molar refractivity (Wildman–Crippen MR) is 83.5 cm³/mol. The Hall–Kier alpha value is -2.57. The lowest BCUT2D eigenvalue weighted by Crippen LogP contribution is -2.26. The van der Waals surface area contributed by atoms with Gasteiger partial charge in [-0.25, -0.2) is 18.7 Å². The van der Waals surface area contributed by atoms with E-state index in [4.69, 9.17) is 0 Å². The third-order valence-corrected chi connectivity index (χ3v) is 3.07. The van der Waals surface area contributed by atoms with E-state index >= 15 is 0 Å². The monoisotopic (exact) mass is 320 g/mol. The van der Waals surface area contributed by atoms with Crippen LogP contribution in [0.4, 0.5) is 20.4 Å². The van der Waals surface area contributed by atoms with E-state index in [0.717, 1.165) is 18.6 Å². The lowest BCUT2D eigenvalue weighted by molar-refractivity contribution is 0.0947. The number of nitrogens with one attached hydrogen (secondary N) is 2. The summed E-state index contributed by atoms with van der Waals surface area (Å²) in [6.45, 7) is 4.68. The molecular formula is C16H18F2N4O. The second-order valence-corrected chi connectivity index (χ2v) is 5.45. The lowest BCUT2D eigenvalue weighted by Gasteiger charge is -2.09. The molecule has 0 aliphatic heterocycles. The molecule has 0 aliphatic rings. The molecule has 122 valence electrons. The maximum atomic E-state index is 13.6. The molecule has 0 saturated carbocycles. The molecule has 2 aromatic rings. The van der Waals surface area contributed by atoms with E-state index in [1.807, 2.05) is 0 Å². The van der Waals surface area contributed by atoms with Gasteiger partial charge in [0.1, 0.15) is 17.3 Å². The van der Waals surface area contributed by atoms with Gasteiger partial charge in [-0.15, -0.1) is 0 Å². The molecule has 1 heterocycles. The highest BCUT2D eigenvalue weighted by Crippen LogP contribution is 2.18. The zero-order chi connectivity index (χ0) is 16.8. The number of nitrogens with zero attached hydrogens (tertiary/aromatic N) is 2. The van der Waals surface area contributed by atoms with E-state index in [2.05, 4.69) is 34.4 Å². The maximum Gasteiger partial charge on any atom is 0.270 e. The third-order valence-electron chi connectivity index (χ3n) is 3.07. The Labute approximate surface area is 133 Å². The van der Waals surface area contributed by atoms with Crippen molar-refractivity contribution >= 4 is 17.5 Å². The molecule has 23 heavy (non-hydrogen) atoms. The van der Waals surface area contributed by atoms with E-state index in [9.17, 15) is 13.6 Å². The van der Waals surface area contributed by atoms with Crippen molar-refractivity contribution in [3.05, 3.63) is 47.8 Å². The first-order valence-corrected chi connectivity index (χ1v) is 7.29. The van der Waals surface area contributed by atoms with Crippen LogP contribution < -0.4 is 10.6 Å². The number of benzene rings is 1. The first kappa shape index (κ1) is 16.8. The number of hydrogen-bond donors (Lipinski definition) is 2. The summed E-state index contributed by atoms with van der Waals surface area (Å²) in [4.78, 5) is 20.0. The largest absolute Gasteiger partial charge is 0.351 e. The number of hydrogen-bond acceptors (Lipinski definition) is 4. The SMILES string of the molecule is CC(C)CCNC(=O)c1ccnc(Nc2ccc(F)cc2F)n1. The predicted octanol–water partition coefficient (Wildman–Crippen LogP) is 3.27. The van der Waals surface area contributed by atoms with Crippen LogP contribution in [0.1, 0.15) is 30.8 Å². The fraction of sp³-hybridized carbons (Fsp3) is 0.312. The van der Waals surface area contributed by atoms with Crippen LogP contribution in [0.2, 0.25) is 0 Å². The Kier molecular flexibility index (Phi) is 5.56. The summed E-state index contributed by atoms with van der Waals surface area (Å²) in [5.41, 5.74) is 0.206. The molecule has 1 aromatic heterocycles. The average Bonchev–Trinajstić information content (AvgIpc) is 2.50. The molecule has 1 amide bonds. The van der Waals surface area contributed by atoms with Crippen LogP contribution in [0.5, 0.6) is 0 Å². The van der Waals surface area contributed by atoms with Gasteiger partial charge in [0.25, 0.3) is 5.91 Å².